The zero-order chi connectivity index (χ0) is 24.2. The molecule has 10 heteroatoms. The Morgan fingerprint density at radius 3 is 2.24 bits per heavy atom. The van der Waals surface area contributed by atoms with E-state index in [0.29, 0.717) is 38.4 Å². The highest BCUT2D eigenvalue weighted by molar-refractivity contribution is 7.99. The fourth-order valence-corrected chi connectivity index (χ4v) is 5.51. The first kappa shape index (κ1) is 25.4. The molecule has 0 unspecified atom stereocenters. The molecular formula is C23H21Cl2NO5S2. The van der Waals surface area contributed by atoms with Gasteiger partial charge in [0.25, 0.3) is 0 Å². The zero-order valence-electron chi connectivity index (χ0n) is 17.8. The topological polar surface area (TPSA) is 92.7 Å². The van der Waals surface area contributed by atoms with Crippen molar-refractivity contribution in [2.75, 3.05) is 12.3 Å². The molecule has 0 saturated heterocycles. The van der Waals surface area contributed by atoms with Crippen LogP contribution in [0, 0.1) is 13.8 Å². The Hall–Kier alpha value is -2.23. The van der Waals surface area contributed by atoms with Crippen LogP contribution < -0.4 is 9.46 Å². The van der Waals surface area contributed by atoms with Crippen molar-refractivity contribution in [1.82, 2.24) is 4.72 Å². The molecule has 0 radical (unpaired) electrons. The third-order valence-electron chi connectivity index (χ3n) is 4.74. The van der Waals surface area contributed by atoms with Crippen LogP contribution in [0.4, 0.5) is 0 Å². The molecule has 0 aromatic heterocycles. The first-order chi connectivity index (χ1) is 15.5. The van der Waals surface area contributed by atoms with Gasteiger partial charge in [-0.2, -0.15) is 0 Å². The number of ether oxygens (including phenoxy) is 1. The molecule has 0 heterocycles. The molecule has 0 spiro atoms. The average molecular weight is 526 g/mol. The van der Waals surface area contributed by atoms with Crippen LogP contribution in [0.3, 0.4) is 0 Å². The normalized spacial score (nSPS) is 11.4. The quantitative estimate of drug-likeness (QED) is 0.256. The summed E-state index contributed by atoms with van der Waals surface area (Å²) in [5.74, 6) is 0.469. The fourth-order valence-electron chi connectivity index (χ4n) is 2.96. The molecule has 6 nitrogen and oxygen atoms in total. The molecule has 0 saturated carbocycles. The lowest BCUT2D eigenvalue weighted by Gasteiger charge is -2.11. The molecule has 2 N–H and O–H groups in total. The van der Waals surface area contributed by atoms with Gasteiger partial charge in [0, 0.05) is 27.2 Å². The minimum absolute atomic E-state index is 0.0212. The van der Waals surface area contributed by atoms with E-state index in [0.717, 1.165) is 4.90 Å². The molecule has 0 aliphatic heterocycles. The molecule has 0 fully saturated rings. The molecule has 0 amide bonds. The van der Waals surface area contributed by atoms with E-state index in [9.17, 15) is 18.3 Å². The van der Waals surface area contributed by atoms with Crippen LogP contribution in [0.25, 0.3) is 0 Å². The van der Waals surface area contributed by atoms with Crippen LogP contribution in [0.2, 0.25) is 10.0 Å². The van der Waals surface area contributed by atoms with Gasteiger partial charge in [-0.1, -0.05) is 23.2 Å². The van der Waals surface area contributed by atoms with Crippen molar-refractivity contribution >= 4 is 51.0 Å². The smallest absolute Gasteiger partial charge is 0.336 e. The highest BCUT2D eigenvalue weighted by Crippen LogP contribution is 2.29. The zero-order valence-corrected chi connectivity index (χ0v) is 20.9. The monoisotopic (exact) mass is 525 g/mol. The summed E-state index contributed by atoms with van der Waals surface area (Å²) in [7, 11) is -3.83. The Morgan fingerprint density at radius 2 is 1.64 bits per heavy atom. The summed E-state index contributed by atoms with van der Waals surface area (Å²) in [6.45, 7) is 3.52. The number of hydrogen-bond donors (Lipinski definition) is 2. The van der Waals surface area contributed by atoms with Crippen molar-refractivity contribution in [1.29, 1.82) is 0 Å². The molecule has 3 aromatic carbocycles. The SMILES string of the molecule is Cc1cc(S(=O)(=O)NCCSc2ccc(Oc3cc(Cl)cc(Cl)c3)cc2)cc(C(=O)O)c1C. The van der Waals surface area contributed by atoms with E-state index in [4.69, 9.17) is 27.9 Å². The molecule has 0 atom stereocenters. The van der Waals surface area contributed by atoms with E-state index in [-0.39, 0.29) is 17.0 Å². The summed E-state index contributed by atoms with van der Waals surface area (Å²) in [5, 5.41) is 10.3. The Labute approximate surface area is 206 Å². The number of nitrogens with one attached hydrogen (secondary N) is 1. The summed E-state index contributed by atoms with van der Waals surface area (Å²) in [4.78, 5) is 12.3. The Morgan fingerprint density at radius 1 is 1.00 bits per heavy atom. The summed E-state index contributed by atoms with van der Waals surface area (Å²) in [6.07, 6.45) is 0. The van der Waals surface area contributed by atoms with Crippen LogP contribution in [-0.2, 0) is 10.0 Å². The first-order valence-corrected chi connectivity index (χ1v) is 13.0. The predicted octanol–water partition coefficient (Wildman–Crippen LogP) is 6.17. The molecule has 0 bridgehead atoms. The maximum absolute atomic E-state index is 12.6. The molecule has 0 aliphatic rings. The van der Waals surface area contributed by atoms with Crippen LogP contribution in [0.5, 0.6) is 11.5 Å². The third kappa shape index (κ3) is 6.88. The Kier molecular flexibility index (Phi) is 8.31. The second kappa shape index (κ2) is 10.8. The van der Waals surface area contributed by atoms with Crippen molar-refractivity contribution < 1.29 is 23.1 Å². The second-order valence-corrected chi connectivity index (χ2v) is 11.0. The van der Waals surface area contributed by atoms with Gasteiger partial charge in [0.1, 0.15) is 11.5 Å². The van der Waals surface area contributed by atoms with Gasteiger partial charge in [-0.3, -0.25) is 0 Å². The van der Waals surface area contributed by atoms with Gasteiger partial charge in [0.15, 0.2) is 0 Å². The number of benzene rings is 3. The predicted molar refractivity (Wildman–Crippen MR) is 132 cm³/mol. The Balaban J connectivity index is 1.56. The molecule has 0 aliphatic carbocycles. The van der Waals surface area contributed by atoms with Crippen molar-refractivity contribution in [3.8, 4) is 11.5 Å². The lowest BCUT2D eigenvalue weighted by Crippen LogP contribution is -2.26. The average Bonchev–Trinajstić information content (AvgIpc) is 2.73. The van der Waals surface area contributed by atoms with Gasteiger partial charge in [0.05, 0.1) is 10.5 Å². The molecule has 3 aromatic rings. The summed E-state index contributed by atoms with van der Waals surface area (Å²) >= 11 is 13.4. The maximum atomic E-state index is 12.6. The van der Waals surface area contributed by atoms with Crippen LogP contribution in [-0.4, -0.2) is 31.8 Å². The second-order valence-electron chi connectivity index (χ2n) is 7.14. The fraction of sp³-hybridized carbons (Fsp3) is 0.174. The molecule has 33 heavy (non-hydrogen) atoms. The molecule has 3 rings (SSSR count). The first-order valence-electron chi connectivity index (χ1n) is 9.76. The summed E-state index contributed by atoms with van der Waals surface area (Å²) in [6, 6.07) is 14.9. The van der Waals surface area contributed by atoms with E-state index in [1.807, 2.05) is 12.1 Å². The molecular weight excluding hydrogens is 505 g/mol. The van der Waals surface area contributed by atoms with Gasteiger partial charge < -0.3 is 9.84 Å². The summed E-state index contributed by atoms with van der Waals surface area (Å²) in [5.41, 5.74) is 1.13. The lowest BCUT2D eigenvalue weighted by atomic mass is 10.0. The number of aryl methyl sites for hydroxylation is 1. The molecule has 174 valence electrons. The van der Waals surface area contributed by atoms with Gasteiger partial charge in [0.2, 0.25) is 10.0 Å². The number of carboxylic acid groups (broad SMARTS) is 1. The van der Waals surface area contributed by atoms with Crippen LogP contribution in [0.1, 0.15) is 21.5 Å². The number of rotatable bonds is 9. The number of halogens is 2. The van der Waals surface area contributed by atoms with Gasteiger partial charge >= 0.3 is 5.97 Å². The van der Waals surface area contributed by atoms with Gasteiger partial charge in [-0.05, 0) is 79.6 Å². The van der Waals surface area contributed by atoms with E-state index >= 15 is 0 Å². The highest BCUT2D eigenvalue weighted by Gasteiger charge is 2.19. The van der Waals surface area contributed by atoms with Crippen LogP contribution >= 0.6 is 35.0 Å². The van der Waals surface area contributed by atoms with Crippen molar-refractivity contribution in [3.63, 3.8) is 0 Å². The number of carboxylic acids is 1. The van der Waals surface area contributed by atoms with Crippen molar-refractivity contribution in [3.05, 3.63) is 81.3 Å². The van der Waals surface area contributed by atoms with Gasteiger partial charge in [-0.15, -0.1) is 11.8 Å². The minimum Gasteiger partial charge on any atom is -0.478 e. The standard InChI is InChI=1S/C23H21Cl2NO5S2/c1-14-9-21(13-22(15(14)2)23(27)28)33(29,30)26-7-8-32-20-5-3-18(4-6-20)31-19-11-16(24)10-17(25)12-19/h3-6,9-13,26H,7-8H2,1-2H3,(H,27,28). The highest BCUT2D eigenvalue weighted by atomic mass is 35.5. The Bertz CT molecular complexity index is 1260. The van der Waals surface area contributed by atoms with Crippen LogP contribution in [0.15, 0.2) is 64.4 Å². The van der Waals surface area contributed by atoms with E-state index in [1.165, 1.54) is 23.9 Å². The van der Waals surface area contributed by atoms with Crippen molar-refractivity contribution in [2.45, 2.75) is 23.6 Å². The van der Waals surface area contributed by atoms with Gasteiger partial charge in [-0.25, -0.2) is 17.9 Å². The van der Waals surface area contributed by atoms with E-state index < -0.39 is 16.0 Å². The number of carbonyl (C=O) groups is 1. The lowest BCUT2D eigenvalue weighted by molar-refractivity contribution is 0.0695. The number of aromatic carboxylic acids is 1. The number of hydrogen-bond acceptors (Lipinski definition) is 5. The minimum atomic E-state index is -3.83. The largest absolute Gasteiger partial charge is 0.478 e. The maximum Gasteiger partial charge on any atom is 0.336 e. The van der Waals surface area contributed by atoms with E-state index in [1.54, 1.807) is 44.2 Å². The van der Waals surface area contributed by atoms with E-state index in [2.05, 4.69) is 4.72 Å². The van der Waals surface area contributed by atoms with Crippen molar-refractivity contribution in [2.24, 2.45) is 0 Å². The third-order valence-corrected chi connectivity index (χ3v) is 7.63. The summed E-state index contributed by atoms with van der Waals surface area (Å²) < 4.78 is 33.5. The number of thioether (sulfide) groups is 1. The number of sulfonamides is 1.